The first-order chi connectivity index (χ1) is 25.7. The number of ether oxygens (including phenoxy) is 5. The summed E-state index contributed by atoms with van der Waals surface area (Å²) in [4.78, 5) is 69.6. The van der Waals surface area contributed by atoms with Crippen LogP contribution in [0.5, 0.6) is 0 Å². The smallest absolute Gasteiger partial charge is 0.332 e. The Morgan fingerprint density at radius 3 is 2.19 bits per heavy atom. The molecule has 0 bridgehead atoms. The second-order valence-electron chi connectivity index (χ2n) is 14.3. The Labute approximate surface area is 313 Å². The Kier molecular flexibility index (Phi) is 16.1. The number of aliphatic hydroxyl groups excluding tert-OH is 4. The largest absolute Gasteiger partial charge is 0.467 e. The molecule has 0 saturated carbocycles. The van der Waals surface area contributed by atoms with Crippen LogP contribution in [0.15, 0.2) is 21.9 Å². The Hall–Kier alpha value is -3.27. The summed E-state index contributed by atoms with van der Waals surface area (Å²) in [5.41, 5.74) is 4.01. The maximum atomic E-state index is 14.4. The highest BCUT2D eigenvalue weighted by atomic mass is 16.7. The molecule has 3 fully saturated rings. The van der Waals surface area contributed by atoms with E-state index in [-0.39, 0.29) is 19.5 Å². The quantitative estimate of drug-likeness (QED) is 0.0703. The molecule has 3 aliphatic heterocycles. The van der Waals surface area contributed by atoms with Gasteiger partial charge in [-0.1, -0.05) is 58.3 Å². The van der Waals surface area contributed by atoms with Crippen molar-refractivity contribution >= 4 is 17.8 Å². The van der Waals surface area contributed by atoms with E-state index in [0.717, 1.165) is 54.5 Å². The number of unbranched alkanes of at least 4 members (excludes halogenated alkanes) is 8. The summed E-state index contributed by atoms with van der Waals surface area (Å²) in [6.07, 6.45) is -5.08. The molecule has 54 heavy (non-hydrogen) atoms. The number of aromatic amines is 1. The maximum Gasteiger partial charge on any atom is 0.332 e. The van der Waals surface area contributed by atoms with Gasteiger partial charge in [-0.25, -0.2) is 9.59 Å². The summed E-state index contributed by atoms with van der Waals surface area (Å²) in [5.74, 6) is -2.24. The third-order valence-corrected chi connectivity index (χ3v) is 10.4. The lowest BCUT2D eigenvalue weighted by molar-refractivity contribution is -0.233. The molecule has 0 aliphatic carbocycles. The molecule has 0 aromatic carbocycles. The number of nitrogens with two attached hydrogens (primary N) is 1. The van der Waals surface area contributed by atoms with Gasteiger partial charge in [-0.05, 0) is 13.5 Å². The highest BCUT2D eigenvalue weighted by Crippen LogP contribution is 2.36. The Bertz CT molecular complexity index is 1510. The molecule has 306 valence electrons. The van der Waals surface area contributed by atoms with Crippen LogP contribution in [0, 0.1) is 0 Å². The van der Waals surface area contributed by atoms with Gasteiger partial charge in [-0.3, -0.25) is 28.8 Å². The molecule has 19 nitrogen and oxygen atoms in total. The number of hydrogen-bond acceptors (Lipinski definition) is 16. The third-order valence-electron chi connectivity index (χ3n) is 10.4. The van der Waals surface area contributed by atoms with Gasteiger partial charge in [0.1, 0.15) is 54.9 Å². The van der Waals surface area contributed by atoms with Gasteiger partial charge in [-0.15, -0.1) is 0 Å². The van der Waals surface area contributed by atoms with E-state index in [1.807, 2.05) is 4.98 Å². The summed E-state index contributed by atoms with van der Waals surface area (Å²) < 4.78 is 29.5. The van der Waals surface area contributed by atoms with Gasteiger partial charge in [0.15, 0.2) is 18.6 Å². The highest BCUT2D eigenvalue weighted by Gasteiger charge is 2.57. The molecule has 4 heterocycles. The summed E-state index contributed by atoms with van der Waals surface area (Å²) in [6, 6.07) is -1.90. The number of methoxy groups -OCH3 is 1. The fraction of sp³-hybridized carbons (Fsp3) is 0.800. The van der Waals surface area contributed by atoms with Crippen molar-refractivity contribution in [2.24, 2.45) is 5.73 Å². The molecule has 4 rings (SSSR count). The number of rotatable bonds is 18. The zero-order chi connectivity index (χ0) is 39.7. The second kappa shape index (κ2) is 20.1. The molecule has 3 saturated heterocycles. The standard InChI is InChI=1S/C35H57N5O14/c1-5-6-7-8-9-10-11-12-13-14-22(42)51-20-18-38(2)24(31(47)39(3)23(20)33(48)50-4)29(54-34-28(46)25(43)19(17-36)52-34)30-26(44)27(45)32(53-30)40-16-15-21(41)37-35(40)49/h15-16,19-20,23-30,32,34,43-46H,5-14,17-18,36H2,1-4H3,(H,37,41,49)/t19?,20-,23-,24-,25?,26?,27?,28?,29-,30?,32?,34?/m0/s1. The number of nitrogens with zero attached hydrogens (tertiary/aromatic N) is 3. The summed E-state index contributed by atoms with van der Waals surface area (Å²) in [6.45, 7) is 1.72. The fourth-order valence-corrected chi connectivity index (χ4v) is 7.34. The van der Waals surface area contributed by atoms with Crippen LogP contribution in [0.1, 0.15) is 77.4 Å². The van der Waals surface area contributed by atoms with Gasteiger partial charge in [0.05, 0.1) is 7.11 Å². The van der Waals surface area contributed by atoms with E-state index < -0.39 is 103 Å². The molecular weight excluding hydrogens is 714 g/mol. The van der Waals surface area contributed by atoms with Crippen LogP contribution in [-0.4, -0.2) is 159 Å². The summed E-state index contributed by atoms with van der Waals surface area (Å²) in [5, 5.41) is 43.8. The number of carbonyl (C=O) groups excluding carboxylic acids is 3. The van der Waals surface area contributed by atoms with Gasteiger partial charge in [0, 0.05) is 38.8 Å². The summed E-state index contributed by atoms with van der Waals surface area (Å²) >= 11 is 0. The van der Waals surface area contributed by atoms with Crippen molar-refractivity contribution in [1.82, 2.24) is 19.4 Å². The number of amides is 1. The summed E-state index contributed by atoms with van der Waals surface area (Å²) in [7, 11) is 3.90. The van der Waals surface area contributed by atoms with Crippen LogP contribution < -0.4 is 17.0 Å². The van der Waals surface area contributed by atoms with Crippen LogP contribution in [0.4, 0.5) is 0 Å². The molecule has 8 unspecified atom stereocenters. The Morgan fingerprint density at radius 2 is 1.59 bits per heavy atom. The molecule has 1 amide bonds. The van der Waals surface area contributed by atoms with Crippen molar-refractivity contribution in [2.75, 3.05) is 34.3 Å². The average Bonchev–Trinajstić information content (AvgIpc) is 3.55. The van der Waals surface area contributed by atoms with Crippen LogP contribution in [0.25, 0.3) is 0 Å². The molecule has 7 N–H and O–H groups in total. The van der Waals surface area contributed by atoms with E-state index in [2.05, 4.69) is 6.92 Å². The van der Waals surface area contributed by atoms with Crippen molar-refractivity contribution in [2.45, 2.75) is 145 Å². The van der Waals surface area contributed by atoms with Crippen molar-refractivity contribution in [3.63, 3.8) is 0 Å². The van der Waals surface area contributed by atoms with Crippen molar-refractivity contribution in [3.05, 3.63) is 33.1 Å². The number of carbonyl (C=O) groups is 3. The topological polar surface area (TPSA) is 266 Å². The minimum atomic E-state index is -1.84. The fourth-order valence-electron chi connectivity index (χ4n) is 7.34. The molecular formula is C35H57N5O14. The first-order valence-electron chi connectivity index (χ1n) is 18.7. The van der Waals surface area contributed by atoms with E-state index in [4.69, 9.17) is 29.4 Å². The van der Waals surface area contributed by atoms with Crippen molar-refractivity contribution in [1.29, 1.82) is 0 Å². The lowest BCUT2D eigenvalue weighted by atomic mass is 9.97. The van der Waals surface area contributed by atoms with Gasteiger partial charge in [-0.2, -0.15) is 0 Å². The number of nitrogens with one attached hydrogen (secondary N) is 1. The zero-order valence-corrected chi connectivity index (χ0v) is 31.4. The molecule has 0 radical (unpaired) electrons. The number of esters is 2. The van der Waals surface area contributed by atoms with Gasteiger partial charge in [0.25, 0.3) is 5.56 Å². The minimum Gasteiger partial charge on any atom is -0.467 e. The SMILES string of the molecule is CCCCCCCCCCCC(=O)O[C@H]1CN(C)[C@@H]([C@H](OC2OC(CN)C(O)C2O)C2OC(n3ccc(=O)[nH]c3=O)C(O)C2O)C(=O)N(C)[C@@H]1C(=O)OC. The lowest BCUT2D eigenvalue weighted by Crippen LogP contribution is -2.59. The Balaban J connectivity index is 1.59. The van der Waals surface area contributed by atoms with Crippen LogP contribution in [-0.2, 0) is 38.1 Å². The predicted octanol–water partition coefficient (Wildman–Crippen LogP) is -1.91. The van der Waals surface area contributed by atoms with E-state index >= 15 is 0 Å². The van der Waals surface area contributed by atoms with E-state index in [1.165, 1.54) is 44.7 Å². The van der Waals surface area contributed by atoms with E-state index in [1.54, 1.807) is 0 Å². The molecule has 1 aromatic heterocycles. The normalized spacial score (nSPS) is 32.4. The van der Waals surface area contributed by atoms with Gasteiger partial charge >= 0.3 is 17.6 Å². The van der Waals surface area contributed by atoms with E-state index in [0.29, 0.717) is 6.42 Å². The van der Waals surface area contributed by atoms with E-state index in [9.17, 15) is 44.4 Å². The highest BCUT2D eigenvalue weighted by molar-refractivity contribution is 5.89. The second-order valence-corrected chi connectivity index (χ2v) is 14.3. The number of H-pyrrole nitrogens is 1. The van der Waals surface area contributed by atoms with Crippen molar-refractivity contribution < 1.29 is 58.5 Å². The van der Waals surface area contributed by atoms with Crippen molar-refractivity contribution in [3.8, 4) is 0 Å². The number of aliphatic hydroxyl groups is 4. The molecule has 1 aromatic rings. The number of hydrogen-bond donors (Lipinski definition) is 6. The minimum absolute atomic E-state index is 0.0871. The predicted molar refractivity (Wildman–Crippen MR) is 189 cm³/mol. The number of likely N-dealkylation sites (N-methyl/N-ethyl adjacent to an activating group) is 2. The molecule has 3 aliphatic rings. The first kappa shape index (κ1) is 43.5. The lowest BCUT2D eigenvalue weighted by Gasteiger charge is -2.38. The van der Waals surface area contributed by atoms with Gasteiger partial charge in [0.2, 0.25) is 5.91 Å². The van der Waals surface area contributed by atoms with Crippen LogP contribution in [0.3, 0.4) is 0 Å². The van der Waals surface area contributed by atoms with Crippen LogP contribution >= 0.6 is 0 Å². The zero-order valence-electron chi connectivity index (χ0n) is 31.4. The third kappa shape index (κ3) is 10.1. The van der Waals surface area contributed by atoms with Gasteiger partial charge < -0.3 is 54.7 Å². The van der Waals surface area contributed by atoms with Crippen LogP contribution in [0.2, 0.25) is 0 Å². The monoisotopic (exact) mass is 771 g/mol. The Morgan fingerprint density at radius 1 is 0.944 bits per heavy atom. The first-order valence-corrected chi connectivity index (χ1v) is 18.7. The number of aromatic nitrogens is 2. The average molecular weight is 772 g/mol. The molecule has 12 atom stereocenters. The molecule has 19 heteroatoms. The molecule has 0 spiro atoms. The maximum absolute atomic E-state index is 14.4.